The molecule has 0 saturated carbocycles. The van der Waals surface area contributed by atoms with Gasteiger partial charge in [-0.05, 0) is 55.6 Å². The number of imide groups is 1. The number of rotatable bonds is 7. The standard InChI is InChI=1S/C31H32N4O3.ClH/c32-23-30(25-11-4-1-5-12-25)17-21-34(22-18-30)20-10-19-33-28(36)35-29(37)38-24-31(35,26-13-6-2-7-14-26)27-15-8-3-9-16-27;/h1-9,11-16H,10,17-22,24H2,(H,33,36);1H. The van der Waals surface area contributed by atoms with E-state index in [9.17, 15) is 14.9 Å². The number of nitrogens with one attached hydrogen (secondary N) is 1. The van der Waals surface area contributed by atoms with E-state index in [1.54, 1.807) is 0 Å². The summed E-state index contributed by atoms with van der Waals surface area (Å²) in [6, 6.07) is 31.2. The van der Waals surface area contributed by atoms with Gasteiger partial charge in [-0.3, -0.25) is 0 Å². The maximum absolute atomic E-state index is 13.4. The molecule has 39 heavy (non-hydrogen) atoms. The van der Waals surface area contributed by atoms with Gasteiger partial charge < -0.3 is 15.0 Å². The quantitative estimate of drug-likeness (QED) is 0.399. The molecule has 0 atom stereocenters. The molecule has 2 fully saturated rings. The fourth-order valence-corrected chi connectivity index (χ4v) is 5.68. The molecule has 2 aliphatic heterocycles. The topological polar surface area (TPSA) is 85.7 Å². The second-order valence-electron chi connectivity index (χ2n) is 9.97. The van der Waals surface area contributed by atoms with E-state index in [0.29, 0.717) is 6.54 Å². The van der Waals surface area contributed by atoms with Crippen molar-refractivity contribution < 1.29 is 14.3 Å². The van der Waals surface area contributed by atoms with E-state index < -0.39 is 23.1 Å². The van der Waals surface area contributed by atoms with E-state index in [1.807, 2.05) is 91.0 Å². The van der Waals surface area contributed by atoms with Crippen LogP contribution >= 0.6 is 12.4 Å². The zero-order chi connectivity index (χ0) is 26.4. The first-order chi connectivity index (χ1) is 18.6. The molecule has 5 rings (SSSR count). The maximum atomic E-state index is 13.4. The molecule has 2 heterocycles. The Morgan fingerprint density at radius 1 is 0.872 bits per heavy atom. The third kappa shape index (κ3) is 5.49. The van der Waals surface area contributed by atoms with Crippen molar-refractivity contribution in [2.75, 3.05) is 32.8 Å². The number of urea groups is 1. The number of ether oxygens (including phenoxy) is 1. The Morgan fingerprint density at radius 3 is 1.90 bits per heavy atom. The van der Waals surface area contributed by atoms with Gasteiger partial charge in [0.1, 0.15) is 12.1 Å². The van der Waals surface area contributed by atoms with E-state index in [2.05, 4.69) is 16.3 Å². The molecule has 2 aliphatic rings. The van der Waals surface area contributed by atoms with Gasteiger partial charge in [0.15, 0.2) is 0 Å². The number of carbonyl (C=O) groups is 2. The molecule has 202 valence electrons. The molecule has 8 heteroatoms. The number of amides is 3. The van der Waals surface area contributed by atoms with Crippen molar-refractivity contribution in [2.45, 2.75) is 30.2 Å². The normalized spacial score (nSPS) is 17.9. The second-order valence-corrected chi connectivity index (χ2v) is 9.97. The van der Waals surface area contributed by atoms with Gasteiger partial charge in [0.05, 0.1) is 11.5 Å². The average molecular weight is 545 g/mol. The molecule has 0 bridgehead atoms. The van der Waals surface area contributed by atoms with E-state index in [0.717, 1.165) is 55.6 Å². The number of nitrogens with zero attached hydrogens (tertiary/aromatic N) is 3. The highest BCUT2D eigenvalue weighted by molar-refractivity contribution is 5.94. The predicted molar refractivity (Wildman–Crippen MR) is 152 cm³/mol. The van der Waals surface area contributed by atoms with Crippen LogP contribution in [0.5, 0.6) is 0 Å². The van der Waals surface area contributed by atoms with Crippen LogP contribution in [-0.2, 0) is 15.7 Å². The van der Waals surface area contributed by atoms with E-state index in [-0.39, 0.29) is 19.0 Å². The average Bonchev–Trinajstić information content (AvgIpc) is 3.35. The summed E-state index contributed by atoms with van der Waals surface area (Å²) in [6.45, 7) is 2.97. The van der Waals surface area contributed by atoms with Crippen LogP contribution in [0.3, 0.4) is 0 Å². The summed E-state index contributed by atoms with van der Waals surface area (Å²) < 4.78 is 5.47. The lowest BCUT2D eigenvalue weighted by Crippen LogP contribution is -2.53. The highest BCUT2D eigenvalue weighted by Crippen LogP contribution is 2.41. The number of piperidine rings is 1. The van der Waals surface area contributed by atoms with Crippen LogP contribution in [0, 0.1) is 11.3 Å². The molecule has 3 aromatic carbocycles. The lowest BCUT2D eigenvalue weighted by Gasteiger charge is -2.37. The van der Waals surface area contributed by atoms with Gasteiger partial charge in [0.2, 0.25) is 0 Å². The number of hydrogen-bond acceptors (Lipinski definition) is 5. The zero-order valence-electron chi connectivity index (χ0n) is 21.8. The molecule has 1 N–H and O–H groups in total. The molecule has 3 amide bonds. The highest BCUT2D eigenvalue weighted by Gasteiger charge is 2.53. The zero-order valence-corrected chi connectivity index (χ0v) is 22.6. The van der Waals surface area contributed by atoms with Gasteiger partial charge in [-0.2, -0.15) is 5.26 Å². The van der Waals surface area contributed by atoms with Crippen molar-refractivity contribution in [3.63, 3.8) is 0 Å². The summed E-state index contributed by atoms with van der Waals surface area (Å²) in [5.41, 5.74) is 1.27. The predicted octanol–water partition coefficient (Wildman–Crippen LogP) is 5.46. The summed E-state index contributed by atoms with van der Waals surface area (Å²) in [4.78, 5) is 29.8. The summed E-state index contributed by atoms with van der Waals surface area (Å²) in [6.07, 6.45) is 1.66. The number of carbonyl (C=O) groups excluding carboxylic acids is 2. The Labute approximate surface area is 235 Å². The molecule has 7 nitrogen and oxygen atoms in total. The van der Waals surface area contributed by atoms with Gasteiger partial charge in [-0.25, -0.2) is 14.5 Å². The monoisotopic (exact) mass is 544 g/mol. The third-order valence-electron chi connectivity index (χ3n) is 7.85. The highest BCUT2D eigenvalue weighted by atomic mass is 35.5. The Bertz CT molecular complexity index is 1250. The van der Waals surface area contributed by atoms with Crippen LogP contribution in [0.4, 0.5) is 9.59 Å². The molecular weight excluding hydrogens is 512 g/mol. The van der Waals surface area contributed by atoms with Crippen LogP contribution in [0.1, 0.15) is 36.0 Å². The number of halogens is 1. The Balaban J connectivity index is 0.00000353. The number of benzene rings is 3. The van der Waals surface area contributed by atoms with Crippen molar-refractivity contribution in [2.24, 2.45) is 0 Å². The van der Waals surface area contributed by atoms with Crippen molar-refractivity contribution in [3.8, 4) is 6.07 Å². The minimum atomic E-state index is -1.03. The summed E-state index contributed by atoms with van der Waals surface area (Å²) >= 11 is 0. The largest absolute Gasteiger partial charge is 0.446 e. The summed E-state index contributed by atoms with van der Waals surface area (Å²) in [7, 11) is 0. The van der Waals surface area contributed by atoms with Gasteiger partial charge in [-0.1, -0.05) is 91.0 Å². The van der Waals surface area contributed by atoms with Gasteiger partial charge in [0, 0.05) is 6.54 Å². The van der Waals surface area contributed by atoms with Crippen LogP contribution in [-0.4, -0.2) is 54.7 Å². The molecule has 0 aliphatic carbocycles. The van der Waals surface area contributed by atoms with Crippen LogP contribution in [0.25, 0.3) is 0 Å². The van der Waals surface area contributed by atoms with Crippen LogP contribution in [0.15, 0.2) is 91.0 Å². The van der Waals surface area contributed by atoms with Crippen LogP contribution < -0.4 is 5.32 Å². The lowest BCUT2D eigenvalue weighted by molar-refractivity contribution is 0.155. The van der Waals surface area contributed by atoms with Gasteiger partial charge in [0.25, 0.3) is 0 Å². The number of likely N-dealkylation sites (tertiary alicyclic amines) is 1. The van der Waals surface area contributed by atoms with E-state index in [4.69, 9.17) is 4.74 Å². The Morgan fingerprint density at radius 2 is 1.38 bits per heavy atom. The number of cyclic esters (lactones) is 1. The molecule has 0 radical (unpaired) electrons. The number of nitriles is 1. The summed E-state index contributed by atoms with van der Waals surface area (Å²) in [5.74, 6) is 0. The molecule has 3 aromatic rings. The van der Waals surface area contributed by atoms with Crippen molar-refractivity contribution in [1.82, 2.24) is 15.1 Å². The van der Waals surface area contributed by atoms with Crippen molar-refractivity contribution in [3.05, 3.63) is 108 Å². The molecular formula is C31H33ClN4O3. The second kappa shape index (κ2) is 12.3. The molecule has 0 aromatic heterocycles. The Hall–Kier alpha value is -3.86. The fourth-order valence-electron chi connectivity index (χ4n) is 5.68. The lowest BCUT2D eigenvalue weighted by atomic mass is 9.74. The maximum Gasteiger partial charge on any atom is 0.419 e. The first-order valence-corrected chi connectivity index (χ1v) is 13.1. The minimum Gasteiger partial charge on any atom is -0.446 e. The number of hydrogen-bond donors (Lipinski definition) is 1. The SMILES string of the molecule is Cl.N#CC1(c2ccccc2)CCN(CCCNC(=O)N2C(=O)OCC2(c2ccccc2)c2ccccc2)CC1. The molecule has 0 spiro atoms. The minimum absolute atomic E-state index is 0. The first kappa shape index (κ1) is 28.2. The van der Waals surface area contributed by atoms with Gasteiger partial charge >= 0.3 is 12.1 Å². The fraction of sp³-hybridized carbons (Fsp3) is 0.323. The molecule has 2 saturated heterocycles. The molecule has 0 unspecified atom stereocenters. The third-order valence-corrected chi connectivity index (χ3v) is 7.85. The van der Waals surface area contributed by atoms with Crippen molar-refractivity contribution in [1.29, 1.82) is 5.26 Å². The van der Waals surface area contributed by atoms with Crippen LogP contribution in [0.2, 0.25) is 0 Å². The van der Waals surface area contributed by atoms with Crippen molar-refractivity contribution >= 4 is 24.5 Å². The van der Waals surface area contributed by atoms with E-state index in [1.165, 1.54) is 4.90 Å². The van der Waals surface area contributed by atoms with E-state index >= 15 is 0 Å². The van der Waals surface area contributed by atoms with Gasteiger partial charge in [-0.15, -0.1) is 12.4 Å². The summed E-state index contributed by atoms with van der Waals surface area (Å²) in [5, 5.41) is 12.9. The smallest absolute Gasteiger partial charge is 0.419 e. The first-order valence-electron chi connectivity index (χ1n) is 13.1. The Kier molecular flexibility index (Phi) is 8.90.